The molecular formula is C20H20FN3O3S. The molecule has 8 heteroatoms. The van der Waals surface area contributed by atoms with Crippen LogP contribution in [0.25, 0.3) is 0 Å². The van der Waals surface area contributed by atoms with Crippen molar-refractivity contribution in [1.29, 1.82) is 0 Å². The second kappa shape index (κ2) is 8.26. The number of thiocarbonyl (C=S) groups is 1. The highest BCUT2D eigenvalue weighted by Gasteiger charge is 2.37. The summed E-state index contributed by atoms with van der Waals surface area (Å²) < 4.78 is 23.9. The number of hydrogen-bond donors (Lipinski definition) is 3. The summed E-state index contributed by atoms with van der Waals surface area (Å²) >= 11 is 5.20. The molecule has 0 bridgehead atoms. The standard InChI is InChI=1S/C20H20FN3O3S/c1-11-17(18(24-20(28)22-11)12-4-6-13(21)7-5-12)19(25)23-15-10-14(26-2)8-9-16(15)27-3/h4-10,17-18H,1H2,2-3H3,(H,23,25)(H2,22,24,28)/t17-,18+/m0/s1. The van der Waals surface area contributed by atoms with Crippen molar-refractivity contribution in [3.05, 3.63) is 66.1 Å². The third-order valence-corrected chi connectivity index (χ3v) is 4.67. The van der Waals surface area contributed by atoms with Crippen LogP contribution in [0.5, 0.6) is 11.5 Å². The molecule has 28 heavy (non-hydrogen) atoms. The van der Waals surface area contributed by atoms with Gasteiger partial charge in [-0.25, -0.2) is 4.39 Å². The number of carbonyl (C=O) groups excluding carboxylic acids is 1. The molecule has 2 atom stereocenters. The second-order valence-electron chi connectivity index (χ2n) is 6.19. The average Bonchev–Trinajstić information content (AvgIpc) is 2.67. The molecule has 0 aromatic heterocycles. The van der Waals surface area contributed by atoms with Gasteiger partial charge in [0.05, 0.1) is 25.9 Å². The van der Waals surface area contributed by atoms with Gasteiger partial charge in [0.25, 0.3) is 0 Å². The van der Waals surface area contributed by atoms with Gasteiger partial charge in [0.2, 0.25) is 5.91 Å². The van der Waals surface area contributed by atoms with Gasteiger partial charge in [-0.2, -0.15) is 0 Å². The Bertz CT molecular complexity index is 917. The molecule has 3 N–H and O–H groups in total. The summed E-state index contributed by atoms with van der Waals surface area (Å²) in [7, 11) is 3.05. The van der Waals surface area contributed by atoms with Crippen molar-refractivity contribution in [1.82, 2.24) is 10.6 Å². The summed E-state index contributed by atoms with van der Waals surface area (Å²) in [4.78, 5) is 13.1. The highest BCUT2D eigenvalue weighted by atomic mass is 32.1. The first-order chi connectivity index (χ1) is 13.4. The van der Waals surface area contributed by atoms with Crippen molar-refractivity contribution >= 4 is 28.9 Å². The number of benzene rings is 2. The van der Waals surface area contributed by atoms with Crippen LogP contribution in [0.2, 0.25) is 0 Å². The smallest absolute Gasteiger partial charge is 0.235 e. The van der Waals surface area contributed by atoms with E-state index in [9.17, 15) is 9.18 Å². The van der Waals surface area contributed by atoms with Gasteiger partial charge in [-0.1, -0.05) is 18.7 Å². The number of carbonyl (C=O) groups is 1. The molecular weight excluding hydrogens is 381 g/mol. The monoisotopic (exact) mass is 401 g/mol. The summed E-state index contributed by atoms with van der Waals surface area (Å²) in [5, 5.41) is 9.17. The van der Waals surface area contributed by atoms with Gasteiger partial charge in [0.15, 0.2) is 5.11 Å². The number of nitrogens with one attached hydrogen (secondary N) is 3. The third-order valence-electron chi connectivity index (χ3n) is 4.45. The van der Waals surface area contributed by atoms with E-state index in [1.54, 1.807) is 30.3 Å². The van der Waals surface area contributed by atoms with Crippen LogP contribution in [0.1, 0.15) is 11.6 Å². The van der Waals surface area contributed by atoms with Crippen LogP contribution in [-0.4, -0.2) is 25.2 Å². The Kier molecular flexibility index (Phi) is 5.79. The third kappa shape index (κ3) is 4.07. The molecule has 3 rings (SSSR count). The molecule has 1 fully saturated rings. The van der Waals surface area contributed by atoms with Gasteiger partial charge in [0, 0.05) is 11.8 Å². The Morgan fingerprint density at radius 1 is 1.18 bits per heavy atom. The van der Waals surface area contributed by atoms with E-state index >= 15 is 0 Å². The van der Waals surface area contributed by atoms with E-state index < -0.39 is 12.0 Å². The first-order valence-corrected chi connectivity index (χ1v) is 8.88. The molecule has 1 aliphatic heterocycles. The summed E-state index contributed by atoms with van der Waals surface area (Å²) in [6, 6.07) is 10.5. The Balaban J connectivity index is 1.92. The highest BCUT2D eigenvalue weighted by Crippen LogP contribution is 2.33. The largest absolute Gasteiger partial charge is 0.497 e. The number of methoxy groups -OCH3 is 2. The molecule has 0 radical (unpaired) electrons. The number of anilines is 1. The molecule has 2 aromatic rings. The van der Waals surface area contributed by atoms with Crippen LogP contribution in [0, 0.1) is 11.7 Å². The zero-order valence-electron chi connectivity index (χ0n) is 15.4. The quantitative estimate of drug-likeness (QED) is 0.669. The van der Waals surface area contributed by atoms with E-state index in [1.807, 2.05) is 0 Å². The molecule has 0 unspecified atom stereocenters. The van der Waals surface area contributed by atoms with Crippen molar-refractivity contribution in [3.8, 4) is 11.5 Å². The number of ether oxygens (including phenoxy) is 2. The van der Waals surface area contributed by atoms with Crippen LogP contribution in [0.4, 0.5) is 10.1 Å². The fourth-order valence-electron chi connectivity index (χ4n) is 3.06. The molecule has 1 aliphatic rings. The molecule has 0 saturated carbocycles. The maximum atomic E-state index is 13.3. The van der Waals surface area contributed by atoms with Crippen LogP contribution in [0.15, 0.2) is 54.7 Å². The first-order valence-electron chi connectivity index (χ1n) is 8.47. The van der Waals surface area contributed by atoms with Gasteiger partial charge in [0.1, 0.15) is 23.2 Å². The van der Waals surface area contributed by atoms with E-state index in [4.69, 9.17) is 21.7 Å². The Hall–Kier alpha value is -3.13. The van der Waals surface area contributed by atoms with Gasteiger partial charge in [-0.3, -0.25) is 4.79 Å². The minimum absolute atomic E-state index is 0.326. The van der Waals surface area contributed by atoms with Crippen LogP contribution >= 0.6 is 12.2 Å². The van der Waals surface area contributed by atoms with Crippen LogP contribution in [-0.2, 0) is 4.79 Å². The number of amides is 1. The van der Waals surface area contributed by atoms with Crippen molar-refractivity contribution < 1.29 is 18.7 Å². The van der Waals surface area contributed by atoms with Gasteiger partial charge >= 0.3 is 0 Å². The predicted molar refractivity (Wildman–Crippen MR) is 109 cm³/mol. The molecule has 6 nitrogen and oxygen atoms in total. The average molecular weight is 401 g/mol. The number of halogens is 1. The Morgan fingerprint density at radius 2 is 1.89 bits per heavy atom. The molecule has 0 spiro atoms. The van der Waals surface area contributed by atoms with Crippen molar-refractivity contribution in [3.63, 3.8) is 0 Å². The Morgan fingerprint density at radius 3 is 2.54 bits per heavy atom. The fraction of sp³-hybridized carbons (Fsp3) is 0.200. The zero-order valence-corrected chi connectivity index (χ0v) is 16.2. The topological polar surface area (TPSA) is 71.6 Å². The normalized spacial score (nSPS) is 18.7. The summed E-state index contributed by atoms with van der Waals surface area (Å²) in [6.45, 7) is 3.95. The van der Waals surface area contributed by atoms with E-state index in [-0.39, 0.29) is 11.7 Å². The lowest BCUT2D eigenvalue weighted by Crippen LogP contribution is -2.51. The maximum absolute atomic E-state index is 13.3. The van der Waals surface area contributed by atoms with Crippen molar-refractivity contribution in [2.75, 3.05) is 19.5 Å². The molecule has 1 amide bonds. The second-order valence-corrected chi connectivity index (χ2v) is 6.59. The molecule has 0 aliphatic carbocycles. The maximum Gasteiger partial charge on any atom is 0.235 e. The molecule has 146 valence electrons. The van der Waals surface area contributed by atoms with Crippen LogP contribution < -0.4 is 25.4 Å². The highest BCUT2D eigenvalue weighted by molar-refractivity contribution is 7.80. The van der Waals surface area contributed by atoms with Crippen molar-refractivity contribution in [2.24, 2.45) is 5.92 Å². The van der Waals surface area contributed by atoms with Crippen LogP contribution in [0.3, 0.4) is 0 Å². The lowest BCUT2D eigenvalue weighted by atomic mass is 9.88. The summed E-state index contributed by atoms with van der Waals surface area (Å²) in [5.74, 6) is -0.320. The predicted octanol–water partition coefficient (Wildman–Crippen LogP) is 3.13. The van der Waals surface area contributed by atoms with E-state index in [0.717, 1.165) is 0 Å². The minimum atomic E-state index is -0.701. The zero-order chi connectivity index (χ0) is 20.3. The van der Waals surface area contributed by atoms with Gasteiger partial charge in [-0.05, 0) is 42.0 Å². The van der Waals surface area contributed by atoms with Gasteiger partial charge in [-0.15, -0.1) is 0 Å². The van der Waals surface area contributed by atoms with E-state index in [1.165, 1.54) is 26.4 Å². The summed E-state index contributed by atoms with van der Waals surface area (Å²) in [5.41, 5.74) is 1.62. The number of rotatable bonds is 5. The molecule has 1 heterocycles. The summed E-state index contributed by atoms with van der Waals surface area (Å²) in [6.07, 6.45) is 0. The lowest BCUT2D eigenvalue weighted by molar-refractivity contribution is -0.119. The molecule has 1 saturated heterocycles. The van der Waals surface area contributed by atoms with E-state index in [0.29, 0.717) is 33.6 Å². The Labute approximate surface area is 167 Å². The lowest BCUT2D eigenvalue weighted by Gasteiger charge is -2.35. The minimum Gasteiger partial charge on any atom is -0.497 e. The van der Waals surface area contributed by atoms with E-state index in [2.05, 4.69) is 22.5 Å². The first kappa shape index (κ1) is 19.6. The SMILES string of the molecule is C=C1NC(=S)N[C@H](c2ccc(F)cc2)[C@H]1C(=O)Nc1cc(OC)ccc1OC. The fourth-order valence-corrected chi connectivity index (χ4v) is 3.32. The number of hydrogen-bond acceptors (Lipinski definition) is 4. The molecule has 2 aromatic carbocycles. The van der Waals surface area contributed by atoms with Crippen molar-refractivity contribution in [2.45, 2.75) is 6.04 Å². The van der Waals surface area contributed by atoms with Gasteiger partial charge < -0.3 is 25.4 Å².